The Balaban J connectivity index is 1.64. The summed E-state index contributed by atoms with van der Waals surface area (Å²) in [5.41, 5.74) is 0.445. The van der Waals surface area contributed by atoms with Crippen molar-refractivity contribution in [3.05, 3.63) is 71.3 Å². The van der Waals surface area contributed by atoms with Crippen molar-refractivity contribution in [2.24, 2.45) is 0 Å². The first kappa shape index (κ1) is 16.1. The maximum atomic E-state index is 13.7. The second-order valence-electron chi connectivity index (χ2n) is 5.57. The van der Waals surface area contributed by atoms with E-state index in [4.69, 9.17) is 0 Å². The molecular weight excluding hydrogens is 314 g/mol. The van der Waals surface area contributed by atoms with Crippen molar-refractivity contribution >= 4 is 11.8 Å². The number of rotatable bonds is 2. The lowest BCUT2D eigenvalue weighted by Gasteiger charge is -2.35. The lowest BCUT2D eigenvalue weighted by molar-refractivity contribution is 0.0532. The largest absolute Gasteiger partial charge is 0.335 e. The number of piperazine rings is 1. The molecule has 0 atom stereocenters. The Morgan fingerprint density at radius 1 is 0.792 bits per heavy atom. The second kappa shape index (κ2) is 6.78. The first-order valence-corrected chi connectivity index (χ1v) is 7.65. The van der Waals surface area contributed by atoms with Crippen molar-refractivity contribution in [1.82, 2.24) is 9.80 Å². The van der Waals surface area contributed by atoms with Crippen LogP contribution >= 0.6 is 0 Å². The molecule has 0 N–H and O–H groups in total. The molecule has 6 heteroatoms. The van der Waals surface area contributed by atoms with Crippen LogP contribution in [-0.2, 0) is 0 Å². The van der Waals surface area contributed by atoms with Gasteiger partial charge in [0.15, 0.2) is 0 Å². The average Bonchev–Trinajstić information content (AvgIpc) is 2.61. The molecule has 4 nitrogen and oxygen atoms in total. The average molecular weight is 330 g/mol. The monoisotopic (exact) mass is 330 g/mol. The minimum absolute atomic E-state index is 0.0874. The van der Waals surface area contributed by atoms with E-state index in [9.17, 15) is 18.4 Å². The van der Waals surface area contributed by atoms with E-state index in [1.165, 1.54) is 4.90 Å². The number of nitrogens with zero attached hydrogens (tertiary/aromatic N) is 2. The Labute approximate surface area is 138 Å². The van der Waals surface area contributed by atoms with E-state index in [0.29, 0.717) is 37.8 Å². The number of halogens is 2. The molecule has 1 saturated heterocycles. The van der Waals surface area contributed by atoms with Gasteiger partial charge in [0.25, 0.3) is 11.8 Å². The maximum Gasteiger partial charge on any atom is 0.256 e. The third-order valence-electron chi connectivity index (χ3n) is 4.04. The lowest BCUT2D eigenvalue weighted by atomic mass is 10.1. The molecule has 0 radical (unpaired) electrons. The van der Waals surface area contributed by atoms with Gasteiger partial charge in [-0.2, -0.15) is 0 Å². The van der Waals surface area contributed by atoms with Crippen molar-refractivity contribution < 1.29 is 18.4 Å². The van der Waals surface area contributed by atoms with Crippen molar-refractivity contribution in [2.75, 3.05) is 26.2 Å². The predicted octanol–water partition coefficient (Wildman–Crippen LogP) is 2.56. The molecule has 0 unspecified atom stereocenters. The molecule has 1 fully saturated rings. The molecule has 2 aromatic rings. The normalized spacial score (nSPS) is 14.6. The van der Waals surface area contributed by atoms with Crippen molar-refractivity contribution in [2.45, 2.75) is 0 Å². The highest BCUT2D eigenvalue weighted by Gasteiger charge is 2.26. The van der Waals surface area contributed by atoms with Gasteiger partial charge in [-0.05, 0) is 24.3 Å². The van der Waals surface area contributed by atoms with E-state index in [1.807, 2.05) is 6.07 Å². The van der Waals surface area contributed by atoms with Gasteiger partial charge in [0.2, 0.25) is 0 Å². The van der Waals surface area contributed by atoms with Crippen molar-refractivity contribution in [3.8, 4) is 0 Å². The molecule has 1 aliphatic rings. The molecule has 0 aliphatic carbocycles. The van der Waals surface area contributed by atoms with Gasteiger partial charge >= 0.3 is 0 Å². The molecule has 2 amide bonds. The quantitative estimate of drug-likeness (QED) is 0.849. The van der Waals surface area contributed by atoms with E-state index < -0.39 is 17.5 Å². The number of carbonyl (C=O) groups excluding carboxylic acids is 2. The van der Waals surface area contributed by atoms with E-state index in [-0.39, 0.29) is 11.5 Å². The fourth-order valence-corrected chi connectivity index (χ4v) is 2.71. The second-order valence-corrected chi connectivity index (χ2v) is 5.57. The Kier molecular flexibility index (Phi) is 4.55. The Hall–Kier alpha value is -2.76. The molecule has 3 rings (SSSR count). The van der Waals surface area contributed by atoms with Crippen LogP contribution in [0.4, 0.5) is 8.78 Å². The van der Waals surface area contributed by atoms with E-state index in [1.54, 1.807) is 29.2 Å². The molecule has 2 aromatic carbocycles. The van der Waals surface area contributed by atoms with Crippen molar-refractivity contribution in [1.29, 1.82) is 0 Å². The number of amides is 2. The zero-order chi connectivity index (χ0) is 17.1. The zero-order valence-electron chi connectivity index (χ0n) is 12.9. The summed E-state index contributed by atoms with van der Waals surface area (Å²) in [5, 5.41) is 0. The van der Waals surface area contributed by atoms with Gasteiger partial charge in [0.1, 0.15) is 11.6 Å². The number of carbonyl (C=O) groups is 2. The standard InChI is InChI=1S/C18H16F2N2O2/c19-14-6-7-15(16(20)12-14)18(24)22-10-8-21(9-11-22)17(23)13-4-2-1-3-5-13/h1-7,12H,8-11H2. The summed E-state index contributed by atoms with van der Waals surface area (Å²) in [6, 6.07) is 11.8. The summed E-state index contributed by atoms with van der Waals surface area (Å²) in [7, 11) is 0. The van der Waals surface area contributed by atoms with Gasteiger partial charge in [-0.25, -0.2) is 8.78 Å². The van der Waals surface area contributed by atoms with Crippen LogP contribution in [-0.4, -0.2) is 47.8 Å². The fourth-order valence-electron chi connectivity index (χ4n) is 2.71. The summed E-state index contributed by atoms with van der Waals surface area (Å²) in [4.78, 5) is 27.8. The van der Waals surface area contributed by atoms with Crippen LogP contribution in [0.5, 0.6) is 0 Å². The van der Waals surface area contributed by atoms with E-state index >= 15 is 0 Å². The van der Waals surface area contributed by atoms with Crippen LogP contribution in [0, 0.1) is 11.6 Å². The summed E-state index contributed by atoms with van der Waals surface area (Å²) in [5.74, 6) is -2.17. The molecule has 1 heterocycles. The molecule has 24 heavy (non-hydrogen) atoms. The Morgan fingerprint density at radius 3 is 1.96 bits per heavy atom. The molecule has 0 spiro atoms. The highest BCUT2D eigenvalue weighted by molar-refractivity contribution is 5.96. The molecule has 0 saturated carbocycles. The van der Waals surface area contributed by atoms with Gasteiger partial charge in [0.05, 0.1) is 5.56 Å². The smallest absolute Gasteiger partial charge is 0.256 e. The minimum Gasteiger partial charge on any atom is -0.335 e. The summed E-state index contributed by atoms with van der Waals surface area (Å²) in [6.45, 7) is 1.38. The first-order chi connectivity index (χ1) is 11.6. The number of hydrogen-bond acceptors (Lipinski definition) is 2. The number of hydrogen-bond donors (Lipinski definition) is 0. The predicted molar refractivity (Wildman–Crippen MR) is 84.6 cm³/mol. The first-order valence-electron chi connectivity index (χ1n) is 7.65. The SMILES string of the molecule is O=C(c1ccccc1)N1CCN(C(=O)c2ccc(F)cc2F)CC1. The minimum atomic E-state index is -0.872. The molecule has 0 bridgehead atoms. The Bertz CT molecular complexity index is 757. The third kappa shape index (κ3) is 3.27. The number of benzene rings is 2. The summed E-state index contributed by atoms with van der Waals surface area (Å²) < 4.78 is 26.7. The van der Waals surface area contributed by atoms with E-state index in [2.05, 4.69) is 0 Å². The van der Waals surface area contributed by atoms with Gasteiger partial charge in [-0.1, -0.05) is 18.2 Å². The lowest BCUT2D eigenvalue weighted by Crippen LogP contribution is -2.50. The highest BCUT2D eigenvalue weighted by atomic mass is 19.1. The van der Waals surface area contributed by atoms with Crippen LogP contribution in [0.3, 0.4) is 0 Å². The Morgan fingerprint density at radius 2 is 1.38 bits per heavy atom. The van der Waals surface area contributed by atoms with Gasteiger partial charge in [0, 0.05) is 37.8 Å². The summed E-state index contributed by atoms with van der Waals surface area (Å²) >= 11 is 0. The van der Waals surface area contributed by atoms with Crippen LogP contribution in [0.1, 0.15) is 20.7 Å². The maximum absolute atomic E-state index is 13.7. The summed E-state index contributed by atoms with van der Waals surface area (Å²) in [6.07, 6.45) is 0. The van der Waals surface area contributed by atoms with Gasteiger partial charge in [-0.15, -0.1) is 0 Å². The zero-order valence-corrected chi connectivity index (χ0v) is 12.9. The fraction of sp³-hybridized carbons (Fsp3) is 0.222. The third-order valence-corrected chi connectivity index (χ3v) is 4.04. The van der Waals surface area contributed by atoms with Crippen LogP contribution < -0.4 is 0 Å². The van der Waals surface area contributed by atoms with Crippen LogP contribution in [0.25, 0.3) is 0 Å². The molecular formula is C18H16F2N2O2. The highest BCUT2D eigenvalue weighted by Crippen LogP contribution is 2.15. The van der Waals surface area contributed by atoms with Crippen LogP contribution in [0.2, 0.25) is 0 Å². The van der Waals surface area contributed by atoms with Crippen molar-refractivity contribution in [3.63, 3.8) is 0 Å². The van der Waals surface area contributed by atoms with E-state index in [0.717, 1.165) is 12.1 Å². The van der Waals surface area contributed by atoms with Gasteiger partial charge in [-0.3, -0.25) is 9.59 Å². The molecule has 124 valence electrons. The molecule has 0 aromatic heterocycles. The van der Waals surface area contributed by atoms with Crippen LogP contribution in [0.15, 0.2) is 48.5 Å². The van der Waals surface area contributed by atoms with Gasteiger partial charge < -0.3 is 9.80 Å². The molecule has 1 aliphatic heterocycles. The topological polar surface area (TPSA) is 40.6 Å².